The minimum Gasteiger partial charge on any atom is -0.313 e. The van der Waals surface area contributed by atoms with Crippen molar-refractivity contribution in [2.24, 2.45) is 4.99 Å². The third-order valence-corrected chi connectivity index (χ3v) is 3.53. The van der Waals surface area contributed by atoms with Crippen molar-refractivity contribution in [3.63, 3.8) is 0 Å². The number of halogens is 2. The molecule has 0 saturated carbocycles. The molecule has 2 heterocycles. The zero-order valence-corrected chi connectivity index (χ0v) is 11.2. The first-order chi connectivity index (χ1) is 8.70. The Bertz CT molecular complexity index is 590. The van der Waals surface area contributed by atoms with E-state index < -0.39 is 0 Å². The fourth-order valence-corrected chi connectivity index (χ4v) is 2.83. The van der Waals surface area contributed by atoms with Crippen molar-refractivity contribution >= 4 is 34.7 Å². The van der Waals surface area contributed by atoms with E-state index in [0.29, 0.717) is 10.0 Å². The Morgan fingerprint density at radius 3 is 2.89 bits per heavy atom. The lowest BCUT2D eigenvalue weighted by molar-refractivity contribution is 0.358. The number of fused-ring (bicyclic) bond motifs is 2. The molecule has 92 valence electrons. The highest BCUT2D eigenvalue weighted by Gasteiger charge is 2.29. The Hall–Kier alpha value is -1.29. The average Bonchev–Trinajstić information content (AvgIpc) is 2.35. The molecule has 1 atom stereocenters. The van der Waals surface area contributed by atoms with Gasteiger partial charge in [0.2, 0.25) is 0 Å². The number of allylic oxidation sites excluding steroid dienone is 2. The smallest absolute Gasteiger partial charge is 0.134 e. The van der Waals surface area contributed by atoms with Crippen LogP contribution in [0, 0.1) is 0 Å². The lowest BCUT2D eigenvalue weighted by atomic mass is 10.1. The number of hydrogen-bond donors (Lipinski definition) is 1. The van der Waals surface area contributed by atoms with Crippen LogP contribution < -0.4 is 5.32 Å². The summed E-state index contributed by atoms with van der Waals surface area (Å²) in [5.41, 5.74) is 1.77. The fourth-order valence-electron chi connectivity index (χ4n) is 2.24. The first-order valence-electron chi connectivity index (χ1n) is 5.59. The van der Waals surface area contributed by atoms with E-state index in [4.69, 9.17) is 23.2 Å². The molecule has 0 aromatic heterocycles. The summed E-state index contributed by atoms with van der Waals surface area (Å²) in [5, 5.41) is 4.48. The zero-order chi connectivity index (χ0) is 12.7. The largest absolute Gasteiger partial charge is 0.313 e. The lowest BCUT2D eigenvalue weighted by Gasteiger charge is -2.36. The van der Waals surface area contributed by atoms with E-state index in [1.807, 2.05) is 42.4 Å². The van der Waals surface area contributed by atoms with Gasteiger partial charge in [-0.3, -0.25) is 5.32 Å². The van der Waals surface area contributed by atoms with Crippen LogP contribution in [0.3, 0.4) is 0 Å². The Balaban J connectivity index is 2.23. The van der Waals surface area contributed by atoms with E-state index in [2.05, 4.69) is 10.3 Å². The molecule has 3 nitrogen and oxygen atoms in total. The number of aliphatic imine (C=N–C) groups is 1. The predicted octanol–water partition coefficient (Wildman–Crippen LogP) is 3.64. The van der Waals surface area contributed by atoms with Crippen LogP contribution in [0.15, 0.2) is 41.6 Å². The highest BCUT2D eigenvalue weighted by Crippen LogP contribution is 2.40. The van der Waals surface area contributed by atoms with E-state index in [1.165, 1.54) is 0 Å². The molecule has 0 spiro atoms. The molecule has 0 aliphatic carbocycles. The van der Waals surface area contributed by atoms with Crippen molar-refractivity contribution in [2.75, 3.05) is 7.05 Å². The Labute approximate surface area is 115 Å². The molecule has 1 aromatic rings. The second-order valence-corrected chi connectivity index (χ2v) is 4.93. The molecule has 2 aliphatic rings. The number of rotatable bonds is 1. The minimum absolute atomic E-state index is 0.0292. The molecule has 0 radical (unpaired) electrons. The summed E-state index contributed by atoms with van der Waals surface area (Å²) in [6.07, 6.45) is 7.84. The molecule has 0 saturated heterocycles. The number of nitrogens with zero attached hydrogens (tertiary/aromatic N) is 2. The predicted molar refractivity (Wildman–Crippen MR) is 75.5 cm³/mol. The van der Waals surface area contributed by atoms with E-state index in [-0.39, 0.29) is 6.17 Å². The molecular weight excluding hydrogens is 269 g/mol. The van der Waals surface area contributed by atoms with Crippen LogP contribution in [0.1, 0.15) is 11.7 Å². The molecule has 0 fully saturated rings. The van der Waals surface area contributed by atoms with Crippen LogP contribution in [-0.4, -0.2) is 17.8 Å². The number of hydrogen-bond acceptors (Lipinski definition) is 3. The molecular formula is C13H11Cl2N3. The minimum atomic E-state index is -0.0292. The number of amidine groups is 1. The van der Waals surface area contributed by atoms with Crippen molar-refractivity contribution in [1.82, 2.24) is 10.2 Å². The quantitative estimate of drug-likeness (QED) is 0.850. The van der Waals surface area contributed by atoms with Gasteiger partial charge in [0.25, 0.3) is 0 Å². The summed E-state index contributed by atoms with van der Waals surface area (Å²) in [5.74, 6) is 0.877. The molecule has 2 aliphatic heterocycles. The van der Waals surface area contributed by atoms with E-state index in [0.717, 1.165) is 17.1 Å². The van der Waals surface area contributed by atoms with Crippen molar-refractivity contribution in [3.05, 3.63) is 52.2 Å². The van der Waals surface area contributed by atoms with E-state index in [9.17, 15) is 0 Å². The monoisotopic (exact) mass is 279 g/mol. The second kappa shape index (κ2) is 4.43. The summed E-state index contributed by atoms with van der Waals surface area (Å²) in [6.45, 7) is 0. The highest BCUT2D eigenvalue weighted by molar-refractivity contribution is 6.35. The number of benzene rings is 1. The van der Waals surface area contributed by atoms with Gasteiger partial charge in [0.05, 0.1) is 10.7 Å². The second-order valence-electron chi connectivity index (χ2n) is 4.09. The van der Waals surface area contributed by atoms with Crippen LogP contribution in [0.2, 0.25) is 10.0 Å². The Morgan fingerprint density at radius 1 is 1.28 bits per heavy atom. The van der Waals surface area contributed by atoms with Crippen molar-refractivity contribution in [1.29, 1.82) is 0 Å². The maximum absolute atomic E-state index is 6.29. The first-order valence-corrected chi connectivity index (χ1v) is 6.34. The van der Waals surface area contributed by atoms with Gasteiger partial charge >= 0.3 is 0 Å². The maximum atomic E-state index is 6.29. The zero-order valence-electron chi connectivity index (χ0n) is 9.69. The average molecular weight is 280 g/mol. The molecule has 18 heavy (non-hydrogen) atoms. The van der Waals surface area contributed by atoms with E-state index >= 15 is 0 Å². The Morgan fingerprint density at radius 2 is 2.11 bits per heavy atom. The maximum Gasteiger partial charge on any atom is 0.134 e. The third-order valence-electron chi connectivity index (χ3n) is 3.00. The van der Waals surface area contributed by atoms with Gasteiger partial charge in [-0.1, -0.05) is 29.3 Å². The van der Waals surface area contributed by atoms with Crippen LogP contribution in [0.4, 0.5) is 5.69 Å². The summed E-state index contributed by atoms with van der Waals surface area (Å²) in [4.78, 5) is 6.63. The van der Waals surface area contributed by atoms with Gasteiger partial charge in [0.15, 0.2) is 0 Å². The van der Waals surface area contributed by atoms with Gasteiger partial charge < -0.3 is 4.90 Å². The summed E-state index contributed by atoms with van der Waals surface area (Å²) >= 11 is 12.3. The van der Waals surface area contributed by atoms with Gasteiger partial charge in [-0.25, -0.2) is 4.99 Å². The molecule has 5 heteroatoms. The standard InChI is InChI=1S/C13H11Cl2N3/c1-16-13-12-9(15)6-8(14)7-10(12)17-11-4-2-3-5-18(11)13/h2-7,13,16H,1H3. The molecule has 0 amide bonds. The van der Waals surface area contributed by atoms with Crippen LogP contribution >= 0.6 is 23.2 Å². The fraction of sp³-hybridized carbons (Fsp3) is 0.154. The van der Waals surface area contributed by atoms with Crippen molar-refractivity contribution < 1.29 is 0 Å². The van der Waals surface area contributed by atoms with E-state index in [1.54, 1.807) is 6.07 Å². The molecule has 1 aromatic carbocycles. The molecule has 1 unspecified atom stereocenters. The first kappa shape index (κ1) is 11.8. The molecule has 3 rings (SSSR count). The highest BCUT2D eigenvalue weighted by atomic mass is 35.5. The van der Waals surface area contributed by atoms with Crippen LogP contribution in [-0.2, 0) is 0 Å². The van der Waals surface area contributed by atoms with Gasteiger partial charge in [-0.15, -0.1) is 0 Å². The van der Waals surface area contributed by atoms with Gasteiger partial charge in [-0.2, -0.15) is 0 Å². The van der Waals surface area contributed by atoms with Crippen LogP contribution in [0.5, 0.6) is 0 Å². The van der Waals surface area contributed by atoms with Gasteiger partial charge in [0, 0.05) is 16.8 Å². The summed E-state index contributed by atoms with van der Waals surface area (Å²) < 4.78 is 0. The summed E-state index contributed by atoms with van der Waals surface area (Å²) in [7, 11) is 1.90. The topological polar surface area (TPSA) is 27.6 Å². The molecule has 1 N–H and O–H groups in total. The lowest BCUT2D eigenvalue weighted by Crippen LogP contribution is -2.39. The SMILES string of the molecule is CNC1c2c(Cl)cc(Cl)cc2N=C2C=CC=CN21. The Kier molecular flexibility index (Phi) is 2.90. The van der Waals surface area contributed by atoms with Gasteiger partial charge in [-0.05, 0) is 31.3 Å². The van der Waals surface area contributed by atoms with Crippen molar-refractivity contribution in [3.8, 4) is 0 Å². The number of nitrogens with one attached hydrogen (secondary N) is 1. The van der Waals surface area contributed by atoms with Crippen molar-refractivity contribution in [2.45, 2.75) is 6.17 Å². The normalized spacial score (nSPS) is 20.5. The summed E-state index contributed by atoms with van der Waals surface area (Å²) in [6, 6.07) is 3.58. The van der Waals surface area contributed by atoms with Crippen LogP contribution in [0.25, 0.3) is 0 Å². The molecule has 0 bridgehead atoms. The third kappa shape index (κ3) is 1.75. The van der Waals surface area contributed by atoms with Gasteiger partial charge in [0.1, 0.15) is 12.0 Å².